The summed E-state index contributed by atoms with van der Waals surface area (Å²) in [4.78, 5) is 12.3. The predicted molar refractivity (Wildman–Crippen MR) is 73.6 cm³/mol. The molecule has 0 aliphatic carbocycles. The lowest BCUT2D eigenvalue weighted by Gasteiger charge is -2.17. The van der Waals surface area contributed by atoms with E-state index in [-0.39, 0.29) is 17.4 Å². The Hall–Kier alpha value is -0.400. The number of carbonyl (C=O) groups is 1. The summed E-state index contributed by atoms with van der Waals surface area (Å²) < 4.78 is 23.8. The van der Waals surface area contributed by atoms with Crippen molar-refractivity contribution in [3.63, 3.8) is 0 Å². The van der Waals surface area contributed by atoms with E-state index < -0.39 is 21.7 Å². The Morgan fingerprint density at radius 1 is 1.61 bits per heavy atom. The van der Waals surface area contributed by atoms with Gasteiger partial charge in [0.2, 0.25) is 0 Å². The lowest BCUT2D eigenvalue weighted by atomic mass is 9.88. The molecule has 2 rings (SSSR count). The summed E-state index contributed by atoms with van der Waals surface area (Å²) in [6.45, 7) is 0. The molecule has 7 heteroatoms. The summed E-state index contributed by atoms with van der Waals surface area (Å²) >= 11 is 4.82. The van der Waals surface area contributed by atoms with Crippen molar-refractivity contribution in [2.75, 3.05) is 11.5 Å². The van der Waals surface area contributed by atoms with Crippen LogP contribution in [0.4, 0.5) is 0 Å². The molecule has 2 atom stereocenters. The van der Waals surface area contributed by atoms with Crippen LogP contribution in [-0.2, 0) is 21.1 Å². The number of carboxylic acids is 1. The molecule has 1 fully saturated rings. The minimum Gasteiger partial charge on any atom is -0.481 e. The maximum Gasteiger partial charge on any atom is 0.307 e. The molecular weight excluding hydrogens is 340 g/mol. The van der Waals surface area contributed by atoms with E-state index in [4.69, 9.17) is 0 Å². The first kappa shape index (κ1) is 14.0. The summed E-state index contributed by atoms with van der Waals surface area (Å²) in [6, 6.07) is 1.89. The van der Waals surface area contributed by atoms with Gasteiger partial charge in [-0.05, 0) is 40.8 Å². The van der Waals surface area contributed by atoms with Crippen molar-refractivity contribution in [1.29, 1.82) is 0 Å². The van der Waals surface area contributed by atoms with Gasteiger partial charge in [0.25, 0.3) is 0 Å². The summed E-state index contributed by atoms with van der Waals surface area (Å²) in [7, 11) is -3.03. The zero-order valence-electron chi connectivity index (χ0n) is 9.50. The van der Waals surface area contributed by atoms with Crippen molar-refractivity contribution < 1.29 is 18.3 Å². The van der Waals surface area contributed by atoms with E-state index in [1.54, 1.807) is 0 Å². The number of rotatable bonds is 4. The molecule has 100 valence electrons. The number of sulfone groups is 1. The molecule has 0 aromatic carbocycles. The molecule has 1 aliphatic heterocycles. The summed E-state index contributed by atoms with van der Waals surface area (Å²) in [6.07, 6.45) is 0.873. The molecule has 2 heterocycles. The summed E-state index contributed by atoms with van der Waals surface area (Å²) in [5, 5.41) is 11.2. The van der Waals surface area contributed by atoms with E-state index in [1.807, 2.05) is 11.4 Å². The number of aliphatic carboxylic acids is 1. The van der Waals surface area contributed by atoms with E-state index >= 15 is 0 Å². The third kappa shape index (κ3) is 3.33. The highest BCUT2D eigenvalue weighted by atomic mass is 79.9. The Balaban J connectivity index is 2.12. The standard InChI is InChI=1S/C11H13BrO4S2/c12-8-3-9(17-5-8)4-10(11(13)14)7-1-2-18(15,16)6-7/h3,5,7,10H,1-2,4,6H2,(H,13,14). The van der Waals surface area contributed by atoms with Crippen LogP contribution in [0.1, 0.15) is 11.3 Å². The first-order valence-electron chi connectivity index (χ1n) is 5.53. The normalized spacial score (nSPS) is 23.9. The third-order valence-corrected chi connectivity index (χ3v) is 6.71. The zero-order chi connectivity index (χ0) is 13.3. The Morgan fingerprint density at radius 3 is 2.78 bits per heavy atom. The molecule has 0 amide bonds. The highest BCUT2D eigenvalue weighted by molar-refractivity contribution is 9.10. The van der Waals surface area contributed by atoms with Gasteiger partial charge in [-0.3, -0.25) is 4.79 Å². The Bertz CT molecular complexity index is 549. The van der Waals surface area contributed by atoms with E-state index in [0.29, 0.717) is 12.8 Å². The molecule has 1 aromatic heterocycles. The lowest BCUT2D eigenvalue weighted by Crippen LogP contribution is -2.26. The summed E-state index contributed by atoms with van der Waals surface area (Å²) in [5.74, 6) is -1.63. The Morgan fingerprint density at radius 2 is 2.33 bits per heavy atom. The molecule has 4 nitrogen and oxygen atoms in total. The fourth-order valence-corrected chi connectivity index (χ4v) is 5.67. The van der Waals surface area contributed by atoms with Crippen molar-refractivity contribution >= 4 is 43.1 Å². The first-order chi connectivity index (χ1) is 8.37. The van der Waals surface area contributed by atoms with Gasteiger partial charge in [-0.15, -0.1) is 11.3 Å². The van der Waals surface area contributed by atoms with Crippen LogP contribution in [0.3, 0.4) is 0 Å². The van der Waals surface area contributed by atoms with E-state index in [1.165, 1.54) is 11.3 Å². The maximum atomic E-state index is 11.4. The molecule has 0 spiro atoms. The maximum absolute atomic E-state index is 11.4. The van der Waals surface area contributed by atoms with Gasteiger partial charge < -0.3 is 5.11 Å². The topological polar surface area (TPSA) is 71.4 Å². The monoisotopic (exact) mass is 352 g/mol. The van der Waals surface area contributed by atoms with Crippen LogP contribution in [-0.4, -0.2) is 31.0 Å². The number of hydrogen-bond donors (Lipinski definition) is 1. The van der Waals surface area contributed by atoms with Crippen LogP contribution in [0, 0.1) is 11.8 Å². The van der Waals surface area contributed by atoms with Gasteiger partial charge in [0.05, 0.1) is 17.4 Å². The zero-order valence-corrected chi connectivity index (χ0v) is 12.7. The van der Waals surface area contributed by atoms with Crippen LogP contribution < -0.4 is 0 Å². The second-order valence-corrected chi connectivity index (χ2v) is 8.68. The molecule has 1 aliphatic rings. The van der Waals surface area contributed by atoms with Crippen LogP contribution in [0.5, 0.6) is 0 Å². The predicted octanol–water partition coefficient (Wildman–Crippen LogP) is 2.19. The van der Waals surface area contributed by atoms with Gasteiger partial charge >= 0.3 is 5.97 Å². The Labute approximate surface area is 118 Å². The lowest BCUT2D eigenvalue weighted by molar-refractivity contribution is -0.143. The second-order valence-electron chi connectivity index (χ2n) is 4.54. The van der Waals surface area contributed by atoms with Crippen LogP contribution >= 0.6 is 27.3 Å². The molecule has 18 heavy (non-hydrogen) atoms. The van der Waals surface area contributed by atoms with Crippen LogP contribution in [0.15, 0.2) is 15.9 Å². The van der Waals surface area contributed by atoms with E-state index in [2.05, 4.69) is 15.9 Å². The van der Waals surface area contributed by atoms with Crippen LogP contribution in [0.25, 0.3) is 0 Å². The molecule has 2 unspecified atom stereocenters. The van der Waals surface area contributed by atoms with E-state index in [0.717, 1.165) is 9.35 Å². The first-order valence-corrected chi connectivity index (χ1v) is 9.03. The molecule has 0 radical (unpaired) electrons. The summed E-state index contributed by atoms with van der Waals surface area (Å²) in [5.41, 5.74) is 0. The number of halogens is 1. The minimum absolute atomic E-state index is 0.0104. The molecule has 1 aromatic rings. The minimum atomic E-state index is -3.03. The van der Waals surface area contributed by atoms with Gasteiger partial charge in [0.15, 0.2) is 9.84 Å². The molecule has 1 saturated heterocycles. The van der Waals surface area contributed by atoms with Crippen molar-refractivity contribution in [1.82, 2.24) is 0 Å². The van der Waals surface area contributed by atoms with Crippen molar-refractivity contribution in [2.45, 2.75) is 12.8 Å². The van der Waals surface area contributed by atoms with E-state index in [9.17, 15) is 18.3 Å². The van der Waals surface area contributed by atoms with Gasteiger partial charge in [-0.1, -0.05) is 0 Å². The quantitative estimate of drug-likeness (QED) is 0.901. The number of carboxylic acid groups (broad SMARTS) is 1. The molecular formula is C11H13BrO4S2. The highest BCUT2D eigenvalue weighted by Crippen LogP contribution is 2.31. The molecule has 0 bridgehead atoms. The van der Waals surface area contributed by atoms with Crippen molar-refractivity contribution in [3.8, 4) is 0 Å². The number of thiophene rings is 1. The fourth-order valence-electron chi connectivity index (χ4n) is 2.27. The third-order valence-electron chi connectivity index (χ3n) is 3.20. The van der Waals surface area contributed by atoms with Crippen molar-refractivity contribution in [3.05, 3.63) is 20.8 Å². The van der Waals surface area contributed by atoms with Gasteiger partial charge in [0.1, 0.15) is 0 Å². The average molecular weight is 353 g/mol. The second kappa shape index (κ2) is 5.30. The highest BCUT2D eigenvalue weighted by Gasteiger charge is 2.37. The fraction of sp³-hybridized carbons (Fsp3) is 0.545. The van der Waals surface area contributed by atoms with Gasteiger partial charge in [-0.25, -0.2) is 8.42 Å². The van der Waals surface area contributed by atoms with Gasteiger partial charge in [-0.2, -0.15) is 0 Å². The Kier molecular flexibility index (Phi) is 4.13. The molecule has 0 saturated carbocycles. The number of hydrogen-bond acceptors (Lipinski definition) is 4. The average Bonchev–Trinajstić information content (AvgIpc) is 2.81. The SMILES string of the molecule is O=C(O)C(Cc1cc(Br)cs1)C1CCS(=O)(=O)C1. The van der Waals surface area contributed by atoms with Crippen molar-refractivity contribution in [2.24, 2.45) is 11.8 Å². The molecule has 1 N–H and O–H groups in total. The van der Waals surface area contributed by atoms with Crippen LogP contribution in [0.2, 0.25) is 0 Å². The largest absolute Gasteiger partial charge is 0.481 e. The smallest absolute Gasteiger partial charge is 0.307 e. The van der Waals surface area contributed by atoms with Gasteiger partial charge in [0, 0.05) is 14.7 Å².